The first-order chi connectivity index (χ1) is 9.60. The van der Waals surface area contributed by atoms with Crippen LogP contribution in [-0.4, -0.2) is 36.3 Å². The van der Waals surface area contributed by atoms with Gasteiger partial charge in [-0.2, -0.15) is 0 Å². The molecule has 6 heteroatoms. The third-order valence-corrected chi connectivity index (χ3v) is 3.55. The van der Waals surface area contributed by atoms with Gasteiger partial charge in [-0.25, -0.2) is 9.37 Å². The molecule has 20 heavy (non-hydrogen) atoms. The Morgan fingerprint density at radius 2 is 2.25 bits per heavy atom. The molecule has 1 aromatic heterocycles. The summed E-state index contributed by atoms with van der Waals surface area (Å²) in [4.78, 5) is 16.9. The number of aromatic nitrogens is 1. The fraction of sp³-hybridized carbons (Fsp3) is 0.286. The van der Waals surface area contributed by atoms with Gasteiger partial charge in [0.2, 0.25) is 0 Å². The summed E-state index contributed by atoms with van der Waals surface area (Å²) in [6.07, 6.45) is 1.63. The number of fused-ring (bicyclic) bond motifs is 1. The highest BCUT2D eigenvalue weighted by atomic mass is 19.1. The Kier molecular flexibility index (Phi) is 2.93. The lowest BCUT2D eigenvalue weighted by Gasteiger charge is -2.38. The van der Waals surface area contributed by atoms with Crippen LogP contribution in [-0.2, 0) is 4.79 Å². The van der Waals surface area contributed by atoms with Crippen LogP contribution >= 0.6 is 0 Å². The number of pyridine rings is 1. The molecule has 104 valence electrons. The Balaban J connectivity index is 2.00. The molecule has 0 bridgehead atoms. The second kappa shape index (κ2) is 4.63. The van der Waals surface area contributed by atoms with E-state index in [0.29, 0.717) is 24.3 Å². The maximum atomic E-state index is 13.8. The van der Waals surface area contributed by atoms with Crippen molar-refractivity contribution in [2.75, 3.05) is 25.1 Å². The molecule has 0 saturated carbocycles. The summed E-state index contributed by atoms with van der Waals surface area (Å²) in [6, 6.07) is 4.77. The highest BCUT2D eigenvalue weighted by molar-refractivity contribution is 5.94. The summed E-state index contributed by atoms with van der Waals surface area (Å²) in [7, 11) is 1.42. The maximum absolute atomic E-state index is 13.8. The molecule has 0 unspecified atom stereocenters. The first kappa shape index (κ1) is 12.7. The largest absolute Gasteiger partial charge is 0.494 e. The number of carbonyl (C=O) groups is 1. The Hall–Kier alpha value is -2.37. The smallest absolute Gasteiger partial charge is 0.310 e. The van der Waals surface area contributed by atoms with E-state index in [1.807, 2.05) is 4.90 Å². The van der Waals surface area contributed by atoms with Gasteiger partial charge in [-0.3, -0.25) is 4.79 Å². The van der Waals surface area contributed by atoms with Gasteiger partial charge < -0.3 is 14.7 Å². The molecule has 5 nitrogen and oxygen atoms in total. The summed E-state index contributed by atoms with van der Waals surface area (Å²) < 4.78 is 18.8. The quantitative estimate of drug-likeness (QED) is 0.927. The molecule has 1 fully saturated rings. The number of halogens is 1. The molecular formula is C14H13FN2O3. The van der Waals surface area contributed by atoms with Crippen molar-refractivity contribution in [3.05, 3.63) is 30.2 Å². The number of rotatable bonds is 3. The Bertz CT molecular complexity index is 683. The topological polar surface area (TPSA) is 62.7 Å². The van der Waals surface area contributed by atoms with Crippen molar-refractivity contribution in [3.63, 3.8) is 0 Å². The fourth-order valence-electron chi connectivity index (χ4n) is 2.37. The molecule has 0 radical (unpaired) electrons. The zero-order valence-corrected chi connectivity index (χ0v) is 10.8. The van der Waals surface area contributed by atoms with Gasteiger partial charge in [0.15, 0.2) is 11.6 Å². The molecule has 2 aromatic rings. The molecular weight excluding hydrogens is 263 g/mol. The van der Waals surface area contributed by atoms with Crippen LogP contribution in [0, 0.1) is 11.7 Å². The molecule has 1 aliphatic heterocycles. The molecule has 3 rings (SSSR count). The van der Waals surface area contributed by atoms with E-state index in [0.717, 1.165) is 5.39 Å². The highest BCUT2D eigenvalue weighted by Crippen LogP contribution is 2.33. The Morgan fingerprint density at radius 1 is 1.50 bits per heavy atom. The first-order valence-corrected chi connectivity index (χ1v) is 6.20. The second-order valence-corrected chi connectivity index (χ2v) is 4.78. The number of hydrogen-bond acceptors (Lipinski definition) is 4. The van der Waals surface area contributed by atoms with E-state index in [4.69, 9.17) is 9.84 Å². The third-order valence-electron chi connectivity index (χ3n) is 3.55. The number of methoxy groups -OCH3 is 1. The van der Waals surface area contributed by atoms with E-state index >= 15 is 0 Å². The standard InChI is InChI=1S/C14H13FN2O3/c1-20-12-4-8-2-3-16-13(10(8)5-11(12)15)17-6-9(7-17)14(18)19/h2-5,9H,6-7H2,1H3,(H,18,19). The average molecular weight is 276 g/mol. The number of aliphatic carboxylic acids is 1. The average Bonchev–Trinajstić information content (AvgIpc) is 2.36. The zero-order valence-electron chi connectivity index (χ0n) is 10.8. The number of anilines is 1. The van der Waals surface area contributed by atoms with Crippen LogP contribution in [0.2, 0.25) is 0 Å². The predicted molar refractivity (Wildman–Crippen MR) is 71.6 cm³/mol. The van der Waals surface area contributed by atoms with Crippen molar-refractivity contribution in [1.82, 2.24) is 4.98 Å². The minimum atomic E-state index is -0.811. The summed E-state index contributed by atoms with van der Waals surface area (Å²) in [5.41, 5.74) is 0. The molecule has 0 atom stereocenters. The molecule has 0 spiro atoms. The third kappa shape index (κ3) is 1.93. The molecule has 1 saturated heterocycles. The van der Waals surface area contributed by atoms with E-state index in [2.05, 4.69) is 4.98 Å². The van der Waals surface area contributed by atoms with Crippen LogP contribution in [0.15, 0.2) is 24.4 Å². The number of carboxylic acid groups (broad SMARTS) is 1. The minimum Gasteiger partial charge on any atom is -0.494 e. The van der Waals surface area contributed by atoms with Crippen LogP contribution < -0.4 is 9.64 Å². The first-order valence-electron chi connectivity index (χ1n) is 6.20. The lowest BCUT2D eigenvalue weighted by Crippen LogP contribution is -2.50. The van der Waals surface area contributed by atoms with Gasteiger partial charge in [0, 0.05) is 24.7 Å². The van der Waals surface area contributed by atoms with Crippen LogP contribution in [0.25, 0.3) is 10.8 Å². The van der Waals surface area contributed by atoms with E-state index in [1.54, 1.807) is 18.3 Å². The van der Waals surface area contributed by atoms with Crippen molar-refractivity contribution in [1.29, 1.82) is 0 Å². The van der Waals surface area contributed by atoms with Gasteiger partial charge in [-0.15, -0.1) is 0 Å². The molecule has 2 heterocycles. The zero-order chi connectivity index (χ0) is 14.3. The van der Waals surface area contributed by atoms with Crippen LogP contribution in [0.4, 0.5) is 10.2 Å². The van der Waals surface area contributed by atoms with E-state index < -0.39 is 11.8 Å². The molecule has 1 aromatic carbocycles. The van der Waals surface area contributed by atoms with Crippen LogP contribution in [0.1, 0.15) is 0 Å². The van der Waals surface area contributed by atoms with Crippen molar-refractivity contribution in [3.8, 4) is 5.75 Å². The number of benzene rings is 1. The van der Waals surface area contributed by atoms with Crippen molar-refractivity contribution < 1.29 is 19.0 Å². The highest BCUT2D eigenvalue weighted by Gasteiger charge is 2.34. The predicted octanol–water partition coefficient (Wildman–Crippen LogP) is 1.90. The van der Waals surface area contributed by atoms with E-state index in [9.17, 15) is 9.18 Å². The lowest BCUT2D eigenvalue weighted by molar-refractivity contribution is -0.142. The molecule has 0 aliphatic carbocycles. The number of hydrogen-bond donors (Lipinski definition) is 1. The number of ether oxygens (including phenoxy) is 1. The van der Waals surface area contributed by atoms with E-state index in [-0.39, 0.29) is 11.7 Å². The van der Waals surface area contributed by atoms with Crippen molar-refractivity contribution in [2.45, 2.75) is 0 Å². The monoisotopic (exact) mass is 276 g/mol. The van der Waals surface area contributed by atoms with Gasteiger partial charge >= 0.3 is 5.97 Å². The van der Waals surface area contributed by atoms with Crippen molar-refractivity contribution in [2.24, 2.45) is 5.92 Å². The number of carboxylic acids is 1. The van der Waals surface area contributed by atoms with Crippen molar-refractivity contribution >= 4 is 22.6 Å². The Morgan fingerprint density at radius 3 is 2.90 bits per heavy atom. The van der Waals surface area contributed by atoms with Gasteiger partial charge in [0.25, 0.3) is 0 Å². The maximum Gasteiger partial charge on any atom is 0.310 e. The summed E-state index contributed by atoms with van der Waals surface area (Å²) >= 11 is 0. The van der Waals surface area contributed by atoms with Gasteiger partial charge in [-0.1, -0.05) is 0 Å². The van der Waals surface area contributed by atoms with Crippen LogP contribution in [0.5, 0.6) is 5.75 Å². The van der Waals surface area contributed by atoms with Gasteiger partial charge in [0.05, 0.1) is 13.0 Å². The van der Waals surface area contributed by atoms with Crippen LogP contribution in [0.3, 0.4) is 0 Å². The molecule has 1 aliphatic rings. The molecule has 1 N–H and O–H groups in total. The Labute approximate surface area is 114 Å². The normalized spacial score (nSPS) is 15.2. The minimum absolute atomic E-state index is 0.182. The summed E-state index contributed by atoms with van der Waals surface area (Å²) in [6.45, 7) is 0.796. The summed E-state index contributed by atoms with van der Waals surface area (Å²) in [5.74, 6) is -0.850. The lowest BCUT2D eigenvalue weighted by atomic mass is 9.99. The molecule has 0 amide bonds. The SMILES string of the molecule is COc1cc2ccnc(N3CC(C(=O)O)C3)c2cc1F. The number of nitrogens with zero attached hydrogens (tertiary/aromatic N) is 2. The van der Waals surface area contributed by atoms with Gasteiger partial charge in [-0.05, 0) is 23.6 Å². The fourth-order valence-corrected chi connectivity index (χ4v) is 2.37. The summed E-state index contributed by atoms with van der Waals surface area (Å²) in [5, 5.41) is 10.4. The van der Waals surface area contributed by atoms with E-state index in [1.165, 1.54) is 13.2 Å². The second-order valence-electron chi connectivity index (χ2n) is 4.78. The van der Waals surface area contributed by atoms with Gasteiger partial charge in [0.1, 0.15) is 5.82 Å².